The minimum absolute atomic E-state index is 0. The van der Waals surface area contributed by atoms with E-state index in [1.54, 1.807) is 25.2 Å². The van der Waals surface area contributed by atoms with Gasteiger partial charge in [-0.05, 0) is 38.6 Å². The molecule has 0 unspecified atom stereocenters. The van der Waals surface area contributed by atoms with Gasteiger partial charge in [-0.1, -0.05) is 13.3 Å². The van der Waals surface area contributed by atoms with Gasteiger partial charge in [-0.3, -0.25) is 9.48 Å². The molecule has 34 heavy (non-hydrogen) atoms. The lowest BCUT2D eigenvalue weighted by Gasteiger charge is -2.31. The molecule has 0 atom stereocenters. The molecule has 3 heterocycles. The Morgan fingerprint density at radius 3 is 2.47 bits per heavy atom. The van der Waals surface area contributed by atoms with Crippen LogP contribution in [0.4, 0.5) is 0 Å². The number of sulfonamides is 1. The molecular formula is C22H33N7O4S. The van der Waals surface area contributed by atoms with Crippen LogP contribution in [0.2, 0.25) is 0 Å². The maximum absolute atomic E-state index is 13.3. The molecule has 4 rings (SSSR count). The van der Waals surface area contributed by atoms with E-state index in [0.29, 0.717) is 61.6 Å². The van der Waals surface area contributed by atoms with E-state index in [4.69, 9.17) is 9.72 Å². The quantitative estimate of drug-likeness (QED) is 0.508. The van der Waals surface area contributed by atoms with Crippen molar-refractivity contribution in [3.05, 3.63) is 34.2 Å². The second kappa shape index (κ2) is 10.2. The molecule has 0 radical (unpaired) electrons. The number of nitrogens with one attached hydrogen (secondary N) is 1. The first kappa shape index (κ1) is 25.8. The largest absolute Gasteiger partial charge is 0.493 e. The van der Waals surface area contributed by atoms with Gasteiger partial charge >= 0.3 is 0 Å². The average Bonchev–Trinajstić information content (AvgIpc) is 3.10. The summed E-state index contributed by atoms with van der Waals surface area (Å²) < 4.78 is 35.4. The Kier molecular flexibility index (Phi) is 7.76. The first-order valence-corrected chi connectivity index (χ1v) is 12.6. The van der Waals surface area contributed by atoms with Crippen LogP contribution in [0.15, 0.2) is 27.9 Å². The molecule has 1 aromatic carbocycles. The van der Waals surface area contributed by atoms with E-state index in [2.05, 4.69) is 15.0 Å². The minimum atomic E-state index is -3.70. The Labute approximate surface area is 199 Å². The van der Waals surface area contributed by atoms with E-state index >= 15 is 0 Å². The number of rotatable bonds is 7. The normalized spacial score (nSPS) is 15.4. The van der Waals surface area contributed by atoms with Gasteiger partial charge in [-0.25, -0.2) is 13.4 Å². The molecule has 0 amide bonds. The Hall–Kier alpha value is -2.80. The number of likely N-dealkylation sites (N-methyl/N-ethyl adjacent to an activating group) is 1. The SMILES string of the molecule is CCCc1nn(C)c2c(=O)[nH]c(-c3cc(S(=O)(=O)N4CCN(C)CC4)ccc3OCC)nc12.N. The molecule has 3 aromatic rings. The summed E-state index contributed by atoms with van der Waals surface area (Å²) in [5, 5.41) is 4.45. The van der Waals surface area contributed by atoms with Crippen molar-refractivity contribution in [1.82, 2.24) is 35.1 Å². The van der Waals surface area contributed by atoms with Crippen molar-refractivity contribution in [2.45, 2.75) is 31.6 Å². The topological polar surface area (TPSA) is 148 Å². The third-order valence-corrected chi connectivity index (χ3v) is 7.75. The van der Waals surface area contributed by atoms with Gasteiger partial charge < -0.3 is 20.8 Å². The molecule has 4 N–H and O–H groups in total. The summed E-state index contributed by atoms with van der Waals surface area (Å²) in [4.78, 5) is 22.7. The maximum atomic E-state index is 13.3. The number of nitrogens with zero attached hydrogens (tertiary/aromatic N) is 5. The Morgan fingerprint density at radius 1 is 1.12 bits per heavy atom. The number of H-pyrrole nitrogens is 1. The fourth-order valence-corrected chi connectivity index (χ4v) is 5.54. The van der Waals surface area contributed by atoms with Gasteiger partial charge in [-0.2, -0.15) is 9.40 Å². The first-order valence-electron chi connectivity index (χ1n) is 11.2. The number of ether oxygens (including phenoxy) is 1. The van der Waals surface area contributed by atoms with E-state index < -0.39 is 10.0 Å². The standard InChI is InChI=1S/C22H30N6O4S.H3N/c1-5-7-17-19-20(27(4)25-17)22(29)24-21(23-19)16-14-15(8-9-18(16)32-6-2)33(30,31)28-12-10-26(3)11-13-28;/h8-9,14H,5-7,10-13H2,1-4H3,(H,23,24,29);1H3. The molecule has 186 valence electrons. The maximum Gasteiger partial charge on any atom is 0.277 e. The molecule has 2 aromatic heterocycles. The van der Waals surface area contributed by atoms with Gasteiger partial charge in [0.25, 0.3) is 5.56 Å². The highest BCUT2D eigenvalue weighted by molar-refractivity contribution is 7.89. The lowest BCUT2D eigenvalue weighted by molar-refractivity contribution is 0.222. The molecule has 1 aliphatic heterocycles. The summed E-state index contributed by atoms with van der Waals surface area (Å²) in [7, 11) is -0.00831. The number of hydrogen-bond acceptors (Lipinski definition) is 8. The molecular weight excluding hydrogens is 458 g/mol. The van der Waals surface area contributed by atoms with Gasteiger partial charge in [0.1, 0.15) is 17.1 Å². The number of piperazine rings is 1. The average molecular weight is 492 g/mol. The zero-order valence-electron chi connectivity index (χ0n) is 20.2. The van der Waals surface area contributed by atoms with E-state index in [1.807, 2.05) is 20.9 Å². The number of aromatic nitrogens is 4. The van der Waals surface area contributed by atoms with Crippen LogP contribution in [0.3, 0.4) is 0 Å². The fourth-order valence-electron chi connectivity index (χ4n) is 4.09. The zero-order valence-corrected chi connectivity index (χ0v) is 21.0. The number of aromatic amines is 1. The van der Waals surface area contributed by atoms with Crippen LogP contribution in [0.1, 0.15) is 26.0 Å². The molecule has 1 fully saturated rings. The van der Waals surface area contributed by atoms with E-state index in [9.17, 15) is 13.2 Å². The summed E-state index contributed by atoms with van der Waals surface area (Å²) in [5.74, 6) is 0.718. The summed E-state index contributed by atoms with van der Waals surface area (Å²) >= 11 is 0. The van der Waals surface area contributed by atoms with Crippen LogP contribution >= 0.6 is 0 Å². The van der Waals surface area contributed by atoms with Gasteiger partial charge in [0, 0.05) is 33.2 Å². The number of fused-ring (bicyclic) bond motifs is 1. The summed E-state index contributed by atoms with van der Waals surface area (Å²) in [6, 6.07) is 4.71. The highest BCUT2D eigenvalue weighted by Crippen LogP contribution is 2.32. The molecule has 0 spiro atoms. The molecule has 11 nitrogen and oxygen atoms in total. The highest BCUT2D eigenvalue weighted by Gasteiger charge is 2.29. The van der Waals surface area contributed by atoms with Crippen LogP contribution in [-0.4, -0.2) is 77.2 Å². The van der Waals surface area contributed by atoms with Gasteiger partial charge in [-0.15, -0.1) is 0 Å². The predicted octanol–water partition coefficient (Wildman–Crippen LogP) is 1.77. The Bertz CT molecular complexity index is 1330. The molecule has 0 aliphatic carbocycles. The Balaban J connectivity index is 0.00000324. The van der Waals surface area contributed by atoms with Crippen molar-refractivity contribution in [3.63, 3.8) is 0 Å². The smallest absolute Gasteiger partial charge is 0.277 e. The van der Waals surface area contributed by atoms with Crippen LogP contribution < -0.4 is 16.4 Å². The van der Waals surface area contributed by atoms with Crippen LogP contribution in [0.5, 0.6) is 5.75 Å². The van der Waals surface area contributed by atoms with Crippen molar-refractivity contribution in [1.29, 1.82) is 0 Å². The molecule has 0 bridgehead atoms. The second-order valence-electron chi connectivity index (χ2n) is 8.23. The van der Waals surface area contributed by atoms with Crippen LogP contribution in [0.25, 0.3) is 22.4 Å². The van der Waals surface area contributed by atoms with Gasteiger partial charge in [0.05, 0.1) is 22.8 Å². The zero-order chi connectivity index (χ0) is 23.8. The van der Waals surface area contributed by atoms with Crippen molar-refractivity contribution in [3.8, 4) is 17.1 Å². The third-order valence-electron chi connectivity index (χ3n) is 5.86. The number of benzene rings is 1. The first-order chi connectivity index (χ1) is 15.8. The van der Waals surface area contributed by atoms with E-state index in [0.717, 1.165) is 12.1 Å². The Morgan fingerprint density at radius 2 is 1.82 bits per heavy atom. The number of aryl methyl sites for hydroxylation is 2. The number of hydrogen-bond donors (Lipinski definition) is 2. The monoisotopic (exact) mass is 491 g/mol. The third kappa shape index (κ3) is 4.71. The molecule has 1 aliphatic rings. The summed E-state index contributed by atoms with van der Waals surface area (Å²) in [6.45, 7) is 6.48. The molecule has 1 saturated heterocycles. The highest BCUT2D eigenvalue weighted by atomic mass is 32.2. The fraction of sp³-hybridized carbons (Fsp3) is 0.500. The van der Waals surface area contributed by atoms with Crippen LogP contribution in [-0.2, 0) is 23.5 Å². The molecule has 0 saturated carbocycles. The lowest BCUT2D eigenvalue weighted by Crippen LogP contribution is -2.47. The molecule has 12 heteroatoms. The van der Waals surface area contributed by atoms with Crippen molar-refractivity contribution >= 4 is 21.1 Å². The van der Waals surface area contributed by atoms with Crippen molar-refractivity contribution < 1.29 is 13.2 Å². The summed E-state index contributed by atoms with van der Waals surface area (Å²) in [6.07, 6.45) is 1.54. The van der Waals surface area contributed by atoms with Crippen LogP contribution in [0, 0.1) is 0 Å². The van der Waals surface area contributed by atoms with Gasteiger partial charge in [0.15, 0.2) is 5.52 Å². The van der Waals surface area contributed by atoms with Gasteiger partial charge in [0.2, 0.25) is 10.0 Å². The predicted molar refractivity (Wildman–Crippen MR) is 131 cm³/mol. The van der Waals surface area contributed by atoms with E-state index in [-0.39, 0.29) is 22.4 Å². The van der Waals surface area contributed by atoms with E-state index in [1.165, 1.54) is 8.99 Å². The minimum Gasteiger partial charge on any atom is -0.493 e. The summed E-state index contributed by atoms with van der Waals surface area (Å²) in [5.41, 5.74) is 1.75. The lowest BCUT2D eigenvalue weighted by atomic mass is 10.1. The van der Waals surface area contributed by atoms with Crippen molar-refractivity contribution in [2.75, 3.05) is 39.8 Å². The second-order valence-corrected chi connectivity index (χ2v) is 10.2. The van der Waals surface area contributed by atoms with Crippen molar-refractivity contribution in [2.24, 2.45) is 7.05 Å².